The summed E-state index contributed by atoms with van der Waals surface area (Å²) >= 11 is 0. The molecule has 0 spiro atoms. The van der Waals surface area contributed by atoms with E-state index in [1.54, 1.807) is 0 Å². The van der Waals surface area contributed by atoms with Crippen LogP contribution >= 0.6 is 0 Å². The van der Waals surface area contributed by atoms with Crippen molar-refractivity contribution in [3.05, 3.63) is 0 Å². The van der Waals surface area contributed by atoms with Crippen molar-refractivity contribution in [3.8, 4) is 0 Å². The molecule has 4 heteroatoms. The van der Waals surface area contributed by atoms with E-state index in [1.807, 2.05) is 34.6 Å². The predicted octanol–water partition coefficient (Wildman–Crippen LogP) is 4.03. The summed E-state index contributed by atoms with van der Waals surface area (Å²) < 4.78 is 5.55. The normalized spacial score (nSPS) is 12.5. The first kappa shape index (κ1) is 18.4. The van der Waals surface area contributed by atoms with Gasteiger partial charge in [-0.2, -0.15) is 0 Å². The molecule has 114 valence electrons. The van der Waals surface area contributed by atoms with E-state index < -0.39 is 11.2 Å². The van der Waals surface area contributed by atoms with Crippen molar-refractivity contribution < 1.29 is 19.3 Å². The van der Waals surface area contributed by atoms with Crippen LogP contribution in [0.15, 0.2) is 0 Å². The van der Waals surface area contributed by atoms with Gasteiger partial charge in [0.05, 0.1) is 6.61 Å². The minimum atomic E-state index is -0.986. The van der Waals surface area contributed by atoms with E-state index in [4.69, 9.17) is 14.5 Å². The molecule has 0 aliphatic carbocycles. The van der Waals surface area contributed by atoms with Crippen molar-refractivity contribution in [2.45, 2.75) is 84.8 Å². The van der Waals surface area contributed by atoms with Gasteiger partial charge in [-0.3, -0.25) is 0 Å². The van der Waals surface area contributed by atoms with Crippen molar-refractivity contribution in [2.75, 3.05) is 6.61 Å². The lowest BCUT2D eigenvalue weighted by Crippen LogP contribution is -2.45. The standard InChI is InChI=1S/C15H30O4/c1-7-11-12-17-19-15(9-3,10-4)13(16)18-14(5,6)8-2/h7-12H2,1-6H3. The quantitative estimate of drug-likeness (QED) is 0.261. The van der Waals surface area contributed by atoms with Crippen LogP contribution in [0.4, 0.5) is 0 Å². The Labute approximate surface area is 117 Å². The molecule has 0 aliphatic rings. The number of carbonyl (C=O) groups excluding carboxylic acids is 1. The number of esters is 1. The van der Waals surface area contributed by atoms with E-state index in [2.05, 4.69) is 6.92 Å². The molecule has 0 amide bonds. The predicted molar refractivity (Wildman–Crippen MR) is 75.7 cm³/mol. The third kappa shape index (κ3) is 5.91. The van der Waals surface area contributed by atoms with Crippen molar-refractivity contribution in [1.82, 2.24) is 0 Å². The second kappa shape index (κ2) is 8.54. The first-order valence-electron chi connectivity index (χ1n) is 7.41. The molecule has 0 bridgehead atoms. The van der Waals surface area contributed by atoms with Crippen LogP contribution in [0.5, 0.6) is 0 Å². The van der Waals surface area contributed by atoms with Crippen LogP contribution < -0.4 is 0 Å². The van der Waals surface area contributed by atoms with Gasteiger partial charge in [0.1, 0.15) is 5.60 Å². The fourth-order valence-corrected chi connectivity index (χ4v) is 1.46. The topological polar surface area (TPSA) is 44.8 Å². The maximum absolute atomic E-state index is 12.3. The number of hydrogen-bond acceptors (Lipinski definition) is 4. The van der Waals surface area contributed by atoms with Gasteiger partial charge in [0.2, 0.25) is 0 Å². The highest BCUT2D eigenvalue weighted by Gasteiger charge is 2.41. The molecule has 0 N–H and O–H groups in total. The zero-order valence-electron chi connectivity index (χ0n) is 13.4. The molecule has 19 heavy (non-hydrogen) atoms. The molecule has 0 unspecified atom stereocenters. The van der Waals surface area contributed by atoms with Crippen LogP contribution in [0.1, 0.15) is 73.6 Å². The summed E-state index contributed by atoms with van der Waals surface area (Å²) in [5.74, 6) is -0.333. The first-order valence-corrected chi connectivity index (χ1v) is 7.41. The third-order valence-corrected chi connectivity index (χ3v) is 3.53. The lowest BCUT2D eigenvalue weighted by atomic mass is 9.97. The third-order valence-electron chi connectivity index (χ3n) is 3.53. The van der Waals surface area contributed by atoms with E-state index in [-0.39, 0.29) is 5.97 Å². The Bertz CT molecular complexity index is 257. The summed E-state index contributed by atoms with van der Waals surface area (Å²) in [5.41, 5.74) is -1.46. The molecule has 0 atom stereocenters. The van der Waals surface area contributed by atoms with E-state index in [9.17, 15) is 4.79 Å². The molecule has 0 aliphatic heterocycles. The zero-order valence-corrected chi connectivity index (χ0v) is 13.4. The van der Waals surface area contributed by atoms with Gasteiger partial charge in [-0.05, 0) is 39.5 Å². The van der Waals surface area contributed by atoms with Crippen LogP contribution in [0.25, 0.3) is 0 Å². The smallest absolute Gasteiger partial charge is 0.342 e. The van der Waals surface area contributed by atoms with Crippen LogP contribution in [0, 0.1) is 0 Å². The lowest BCUT2D eigenvalue weighted by Gasteiger charge is -2.32. The van der Waals surface area contributed by atoms with Gasteiger partial charge in [-0.1, -0.05) is 34.1 Å². The van der Waals surface area contributed by atoms with Gasteiger partial charge in [0.15, 0.2) is 5.60 Å². The number of carbonyl (C=O) groups is 1. The van der Waals surface area contributed by atoms with Crippen molar-refractivity contribution >= 4 is 5.97 Å². The van der Waals surface area contributed by atoms with Gasteiger partial charge >= 0.3 is 5.97 Å². The molecule has 0 aromatic carbocycles. The maximum atomic E-state index is 12.3. The van der Waals surface area contributed by atoms with Crippen LogP contribution in [0.2, 0.25) is 0 Å². The maximum Gasteiger partial charge on any atom is 0.342 e. The highest BCUT2D eigenvalue weighted by molar-refractivity contribution is 5.79. The first-order chi connectivity index (χ1) is 8.87. The summed E-state index contributed by atoms with van der Waals surface area (Å²) in [4.78, 5) is 22.9. The number of hydrogen-bond donors (Lipinski definition) is 0. The number of rotatable bonds is 10. The summed E-state index contributed by atoms with van der Waals surface area (Å²) in [5, 5.41) is 0. The fraction of sp³-hybridized carbons (Fsp3) is 0.933. The number of ether oxygens (including phenoxy) is 1. The summed E-state index contributed by atoms with van der Waals surface area (Å²) in [7, 11) is 0. The second-order valence-corrected chi connectivity index (χ2v) is 5.46. The van der Waals surface area contributed by atoms with Crippen molar-refractivity contribution in [2.24, 2.45) is 0 Å². The average Bonchev–Trinajstić information content (AvgIpc) is 2.39. The lowest BCUT2D eigenvalue weighted by molar-refractivity contribution is -0.358. The Morgan fingerprint density at radius 3 is 2.00 bits per heavy atom. The van der Waals surface area contributed by atoms with Gasteiger partial charge < -0.3 is 4.74 Å². The van der Waals surface area contributed by atoms with E-state index in [0.29, 0.717) is 19.4 Å². The monoisotopic (exact) mass is 274 g/mol. The average molecular weight is 274 g/mol. The Morgan fingerprint density at radius 2 is 1.58 bits per heavy atom. The molecule has 0 heterocycles. The van der Waals surface area contributed by atoms with E-state index >= 15 is 0 Å². The van der Waals surface area contributed by atoms with E-state index in [1.165, 1.54) is 0 Å². The fourth-order valence-electron chi connectivity index (χ4n) is 1.46. The minimum absolute atomic E-state index is 0.333. The summed E-state index contributed by atoms with van der Waals surface area (Å²) in [6, 6.07) is 0. The molecule has 0 saturated heterocycles. The zero-order chi connectivity index (χ0) is 14.9. The van der Waals surface area contributed by atoms with Crippen LogP contribution in [-0.2, 0) is 19.3 Å². The summed E-state index contributed by atoms with van der Waals surface area (Å²) in [6.07, 6.45) is 3.78. The van der Waals surface area contributed by atoms with Gasteiger partial charge in [-0.15, -0.1) is 0 Å². The second-order valence-electron chi connectivity index (χ2n) is 5.46. The summed E-state index contributed by atoms with van der Waals surface area (Å²) in [6.45, 7) is 12.2. The molecular formula is C15H30O4. The molecular weight excluding hydrogens is 244 g/mol. The Hall–Kier alpha value is -0.610. The highest BCUT2D eigenvalue weighted by Crippen LogP contribution is 2.26. The van der Waals surface area contributed by atoms with Gasteiger partial charge in [0, 0.05) is 0 Å². The van der Waals surface area contributed by atoms with E-state index in [0.717, 1.165) is 19.3 Å². The minimum Gasteiger partial charge on any atom is -0.457 e. The molecule has 0 aromatic rings. The molecule has 0 fully saturated rings. The Morgan fingerprint density at radius 1 is 1.00 bits per heavy atom. The molecule has 0 rings (SSSR count). The number of unbranched alkanes of at least 4 members (excludes halogenated alkanes) is 1. The Balaban J connectivity index is 4.63. The molecule has 0 aromatic heterocycles. The van der Waals surface area contributed by atoms with Crippen molar-refractivity contribution in [3.63, 3.8) is 0 Å². The highest BCUT2D eigenvalue weighted by atomic mass is 17.2. The van der Waals surface area contributed by atoms with Crippen molar-refractivity contribution in [1.29, 1.82) is 0 Å². The van der Waals surface area contributed by atoms with Gasteiger partial charge in [-0.25, -0.2) is 14.6 Å². The molecule has 4 nitrogen and oxygen atoms in total. The van der Waals surface area contributed by atoms with Gasteiger partial charge in [0.25, 0.3) is 0 Å². The van der Waals surface area contributed by atoms with Crippen LogP contribution in [0.3, 0.4) is 0 Å². The largest absolute Gasteiger partial charge is 0.457 e. The molecule has 0 radical (unpaired) electrons. The SMILES string of the molecule is CCCCOOC(CC)(CC)C(=O)OC(C)(C)CC. The Kier molecular flexibility index (Phi) is 8.26. The molecule has 0 saturated carbocycles. The van der Waals surface area contributed by atoms with Crippen LogP contribution in [-0.4, -0.2) is 23.8 Å².